The molecule has 0 fully saturated rings. The molecule has 0 unspecified atom stereocenters. The van der Waals surface area contributed by atoms with Gasteiger partial charge in [-0.3, -0.25) is 0 Å². The summed E-state index contributed by atoms with van der Waals surface area (Å²) in [4.78, 5) is 0. The average molecular weight is 290 g/mol. The van der Waals surface area contributed by atoms with Gasteiger partial charge in [-0.15, -0.1) is 0 Å². The van der Waals surface area contributed by atoms with Crippen LogP contribution in [0.2, 0.25) is 5.22 Å². The van der Waals surface area contributed by atoms with E-state index >= 15 is 0 Å². The first-order valence-electron chi connectivity index (χ1n) is 6.31. The predicted octanol–water partition coefficient (Wildman–Crippen LogP) is 5.15. The van der Waals surface area contributed by atoms with Crippen LogP contribution in [0, 0.1) is 12.7 Å². The molecule has 0 saturated heterocycles. The third kappa shape index (κ3) is 2.37. The normalized spacial score (nSPS) is 10.9. The Bertz CT molecular complexity index is 766. The van der Waals surface area contributed by atoms with Crippen LogP contribution in [0.15, 0.2) is 46.9 Å². The highest BCUT2D eigenvalue weighted by Crippen LogP contribution is 2.30. The number of para-hydroxylation sites is 1. The van der Waals surface area contributed by atoms with Gasteiger partial charge in [-0.2, -0.15) is 0 Å². The van der Waals surface area contributed by atoms with E-state index in [-0.39, 0.29) is 5.82 Å². The highest BCUT2D eigenvalue weighted by molar-refractivity contribution is 6.30. The lowest BCUT2D eigenvalue weighted by Crippen LogP contribution is -2.01. The molecule has 3 rings (SSSR count). The lowest BCUT2D eigenvalue weighted by atomic mass is 10.1. The minimum Gasteiger partial charge on any atom is -0.444 e. The fourth-order valence-corrected chi connectivity index (χ4v) is 2.44. The summed E-state index contributed by atoms with van der Waals surface area (Å²) in [7, 11) is 0. The van der Waals surface area contributed by atoms with Gasteiger partial charge in [0.1, 0.15) is 11.4 Å². The van der Waals surface area contributed by atoms with Crippen LogP contribution in [0.1, 0.15) is 11.1 Å². The Hall–Kier alpha value is -2.00. The molecule has 0 radical (unpaired) electrons. The summed E-state index contributed by atoms with van der Waals surface area (Å²) in [6.45, 7) is 2.33. The van der Waals surface area contributed by atoms with Crippen LogP contribution in [0.5, 0.6) is 0 Å². The van der Waals surface area contributed by atoms with Crippen LogP contribution in [-0.4, -0.2) is 0 Å². The van der Waals surface area contributed by atoms with Crippen LogP contribution >= 0.6 is 11.6 Å². The lowest BCUT2D eigenvalue weighted by Gasteiger charge is -2.08. The van der Waals surface area contributed by atoms with Crippen molar-refractivity contribution in [1.82, 2.24) is 0 Å². The smallest absolute Gasteiger partial charge is 0.199 e. The monoisotopic (exact) mass is 289 g/mol. The average Bonchev–Trinajstić information content (AvgIpc) is 2.75. The summed E-state index contributed by atoms with van der Waals surface area (Å²) in [5.41, 5.74) is 3.03. The van der Waals surface area contributed by atoms with Gasteiger partial charge < -0.3 is 9.73 Å². The molecule has 0 aliphatic carbocycles. The van der Waals surface area contributed by atoms with Crippen molar-refractivity contribution in [2.45, 2.75) is 13.5 Å². The third-order valence-electron chi connectivity index (χ3n) is 3.23. The van der Waals surface area contributed by atoms with Crippen LogP contribution in [0.3, 0.4) is 0 Å². The van der Waals surface area contributed by atoms with Crippen molar-refractivity contribution in [3.63, 3.8) is 0 Å². The molecule has 0 aliphatic rings. The van der Waals surface area contributed by atoms with Crippen molar-refractivity contribution >= 4 is 28.3 Å². The summed E-state index contributed by atoms with van der Waals surface area (Å²) in [5, 5.41) is 4.35. The molecular weight excluding hydrogens is 277 g/mol. The SMILES string of the molecule is Cc1ccc(F)c(NCc2c(Cl)oc3ccccc23)c1. The van der Waals surface area contributed by atoms with E-state index in [0.29, 0.717) is 17.5 Å². The Labute approximate surface area is 121 Å². The zero-order valence-corrected chi connectivity index (χ0v) is 11.7. The second kappa shape index (κ2) is 5.17. The van der Waals surface area contributed by atoms with E-state index in [1.807, 2.05) is 31.2 Å². The second-order valence-electron chi connectivity index (χ2n) is 4.69. The maximum atomic E-state index is 13.7. The van der Waals surface area contributed by atoms with Gasteiger partial charge in [0, 0.05) is 17.5 Å². The van der Waals surface area contributed by atoms with Gasteiger partial charge in [0.2, 0.25) is 0 Å². The van der Waals surface area contributed by atoms with E-state index in [1.54, 1.807) is 12.1 Å². The van der Waals surface area contributed by atoms with Crippen molar-refractivity contribution in [2.24, 2.45) is 0 Å². The minimum absolute atomic E-state index is 0.278. The van der Waals surface area contributed by atoms with E-state index in [0.717, 1.165) is 22.1 Å². The van der Waals surface area contributed by atoms with Crippen molar-refractivity contribution in [1.29, 1.82) is 0 Å². The molecular formula is C16H13ClFNO. The molecule has 1 N–H and O–H groups in total. The maximum absolute atomic E-state index is 13.7. The van der Waals surface area contributed by atoms with Crippen LogP contribution in [0.25, 0.3) is 11.0 Å². The molecule has 20 heavy (non-hydrogen) atoms. The number of fused-ring (bicyclic) bond motifs is 1. The van der Waals surface area contributed by atoms with E-state index in [9.17, 15) is 4.39 Å². The van der Waals surface area contributed by atoms with E-state index in [2.05, 4.69) is 5.32 Å². The van der Waals surface area contributed by atoms with E-state index < -0.39 is 0 Å². The van der Waals surface area contributed by atoms with Crippen molar-refractivity contribution < 1.29 is 8.81 Å². The largest absolute Gasteiger partial charge is 0.444 e. The van der Waals surface area contributed by atoms with Crippen molar-refractivity contribution in [3.8, 4) is 0 Å². The molecule has 0 saturated carbocycles. The molecule has 1 heterocycles. The van der Waals surface area contributed by atoms with Gasteiger partial charge in [-0.05, 0) is 42.3 Å². The quantitative estimate of drug-likeness (QED) is 0.721. The molecule has 102 valence electrons. The van der Waals surface area contributed by atoms with Gasteiger partial charge in [0.25, 0.3) is 0 Å². The Kier molecular flexibility index (Phi) is 3.36. The summed E-state index contributed by atoms with van der Waals surface area (Å²) < 4.78 is 19.2. The van der Waals surface area contributed by atoms with Crippen LogP contribution in [-0.2, 0) is 6.54 Å². The zero-order chi connectivity index (χ0) is 14.1. The summed E-state index contributed by atoms with van der Waals surface area (Å²) >= 11 is 6.10. The fraction of sp³-hybridized carbons (Fsp3) is 0.125. The number of anilines is 1. The number of hydrogen-bond acceptors (Lipinski definition) is 2. The molecule has 0 spiro atoms. The standard InChI is InChI=1S/C16H13ClFNO/c1-10-6-7-13(18)14(8-10)19-9-12-11-4-2-3-5-15(11)20-16(12)17/h2-8,19H,9H2,1H3. The molecule has 0 bridgehead atoms. The molecule has 0 amide bonds. The number of hydrogen-bond donors (Lipinski definition) is 1. The van der Waals surface area contributed by atoms with Gasteiger partial charge in [-0.25, -0.2) is 4.39 Å². The molecule has 1 aromatic heterocycles. The van der Waals surface area contributed by atoms with Gasteiger partial charge in [0.15, 0.2) is 5.22 Å². The zero-order valence-electron chi connectivity index (χ0n) is 10.9. The lowest BCUT2D eigenvalue weighted by molar-refractivity contribution is 0.612. The van der Waals surface area contributed by atoms with E-state index in [4.69, 9.17) is 16.0 Å². The predicted molar refractivity (Wildman–Crippen MR) is 79.7 cm³/mol. The molecule has 0 atom stereocenters. The number of nitrogens with one attached hydrogen (secondary N) is 1. The number of rotatable bonds is 3. The number of benzene rings is 2. The maximum Gasteiger partial charge on any atom is 0.199 e. The minimum atomic E-state index is -0.278. The molecule has 4 heteroatoms. The van der Waals surface area contributed by atoms with Crippen molar-refractivity contribution in [2.75, 3.05) is 5.32 Å². The summed E-state index contributed by atoms with van der Waals surface area (Å²) in [6, 6.07) is 12.6. The first-order chi connectivity index (χ1) is 9.65. The topological polar surface area (TPSA) is 25.2 Å². The van der Waals surface area contributed by atoms with Gasteiger partial charge in [-0.1, -0.05) is 24.3 Å². The molecule has 2 nitrogen and oxygen atoms in total. The second-order valence-corrected chi connectivity index (χ2v) is 5.03. The highest BCUT2D eigenvalue weighted by atomic mass is 35.5. The number of aryl methyl sites for hydroxylation is 1. The van der Waals surface area contributed by atoms with Crippen molar-refractivity contribution in [3.05, 3.63) is 64.6 Å². The molecule has 3 aromatic rings. The third-order valence-corrected chi connectivity index (χ3v) is 3.53. The highest BCUT2D eigenvalue weighted by Gasteiger charge is 2.12. The Balaban J connectivity index is 1.90. The molecule has 2 aromatic carbocycles. The van der Waals surface area contributed by atoms with Crippen LogP contribution in [0.4, 0.5) is 10.1 Å². The Morgan fingerprint density at radius 2 is 2.00 bits per heavy atom. The first kappa shape index (κ1) is 13.0. The molecule has 0 aliphatic heterocycles. The van der Waals surface area contributed by atoms with Crippen LogP contribution < -0.4 is 5.32 Å². The fourth-order valence-electron chi connectivity index (χ4n) is 2.19. The van der Waals surface area contributed by atoms with Gasteiger partial charge in [0.05, 0.1) is 5.69 Å². The number of halogens is 2. The Morgan fingerprint density at radius 1 is 1.20 bits per heavy atom. The number of furan rings is 1. The van der Waals surface area contributed by atoms with Gasteiger partial charge >= 0.3 is 0 Å². The summed E-state index contributed by atoms with van der Waals surface area (Å²) in [6.07, 6.45) is 0. The summed E-state index contributed by atoms with van der Waals surface area (Å²) in [5.74, 6) is -0.278. The van der Waals surface area contributed by atoms with E-state index in [1.165, 1.54) is 6.07 Å². The first-order valence-corrected chi connectivity index (χ1v) is 6.69. The Morgan fingerprint density at radius 3 is 2.85 bits per heavy atom.